The fourth-order valence-corrected chi connectivity index (χ4v) is 4.94. The molecule has 0 N–H and O–H groups in total. The third kappa shape index (κ3) is 4.04. The summed E-state index contributed by atoms with van der Waals surface area (Å²) in [5.41, 5.74) is 1.84. The van der Waals surface area contributed by atoms with E-state index in [0.29, 0.717) is 63.5 Å². The summed E-state index contributed by atoms with van der Waals surface area (Å²) >= 11 is 18.7. The highest BCUT2D eigenvalue weighted by Crippen LogP contribution is 2.40. The molecule has 0 bridgehead atoms. The molecule has 2 aliphatic rings. The Morgan fingerprint density at radius 1 is 0.970 bits per heavy atom. The lowest BCUT2D eigenvalue weighted by Crippen LogP contribution is -2.42. The molecule has 1 saturated heterocycles. The molecule has 6 nitrogen and oxygen atoms in total. The van der Waals surface area contributed by atoms with Crippen molar-refractivity contribution in [3.63, 3.8) is 0 Å². The van der Waals surface area contributed by atoms with Gasteiger partial charge in [-0.15, -0.1) is 0 Å². The van der Waals surface area contributed by atoms with E-state index in [-0.39, 0.29) is 17.1 Å². The smallest absolute Gasteiger partial charge is 0.290 e. The van der Waals surface area contributed by atoms with Gasteiger partial charge in [0.05, 0.1) is 40.3 Å². The molecule has 33 heavy (non-hydrogen) atoms. The van der Waals surface area contributed by atoms with Gasteiger partial charge in [0, 0.05) is 31.2 Å². The summed E-state index contributed by atoms with van der Waals surface area (Å²) in [6.45, 7) is 5.81. The van der Waals surface area contributed by atoms with Gasteiger partial charge in [-0.25, -0.2) is 0 Å². The molecule has 0 spiro atoms. The van der Waals surface area contributed by atoms with Crippen LogP contribution in [0.1, 0.15) is 33.3 Å². The molecule has 172 valence electrons. The number of nitrogens with zero attached hydrogens (tertiary/aromatic N) is 2. The number of carbonyl (C=O) groups excluding carboxylic acids is 1. The molecule has 3 heterocycles. The number of carbonyl (C=O) groups is 1. The Hall–Kier alpha value is -2.09. The second-order valence-corrected chi connectivity index (χ2v) is 9.52. The number of halogens is 3. The van der Waals surface area contributed by atoms with Gasteiger partial charge in [0.25, 0.3) is 5.91 Å². The van der Waals surface area contributed by atoms with Gasteiger partial charge in [-0.1, -0.05) is 40.9 Å². The van der Waals surface area contributed by atoms with Crippen LogP contribution in [0.15, 0.2) is 39.5 Å². The quantitative estimate of drug-likeness (QED) is 0.501. The summed E-state index contributed by atoms with van der Waals surface area (Å²) in [5, 5.41) is 1.57. The van der Waals surface area contributed by atoms with Crippen molar-refractivity contribution in [2.75, 3.05) is 39.4 Å². The highest BCUT2D eigenvalue weighted by molar-refractivity contribution is 6.42. The number of morpholine rings is 1. The maximum absolute atomic E-state index is 13.6. The molecule has 2 aromatic carbocycles. The first-order valence-corrected chi connectivity index (χ1v) is 11.8. The van der Waals surface area contributed by atoms with Gasteiger partial charge >= 0.3 is 0 Å². The van der Waals surface area contributed by atoms with E-state index in [9.17, 15) is 9.59 Å². The normalized spacial score (nSPS) is 18.8. The highest BCUT2D eigenvalue weighted by Gasteiger charge is 2.43. The second-order valence-electron chi connectivity index (χ2n) is 8.30. The van der Waals surface area contributed by atoms with Crippen LogP contribution in [0.5, 0.6) is 0 Å². The fraction of sp³-hybridized carbons (Fsp3) is 0.333. The zero-order valence-electron chi connectivity index (χ0n) is 17.9. The molecule has 1 aromatic heterocycles. The zero-order chi connectivity index (χ0) is 23.3. The van der Waals surface area contributed by atoms with Gasteiger partial charge in [0.2, 0.25) is 5.76 Å². The largest absolute Gasteiger partial charge is 0.450 e. The SMILES string of the molecule is Cc1cc2oc3c(c(=O)c2cc1Cl)C(c1ccc(Cl)c(Cl)c1)N(CCN1CCOCC1)C3=O. The number of hydrogen-bond donors (Lipinski definition) is 0. The molecule has 0 saturated carbocycles. The minimum atomic E-state index is -0.635. The van der Waals surface area contributed by atoms with Gasteiger partial charge in [-0.2, -0.15) is 0 Å². The van der Waals surface area contributed by atoms with E-state index < -0.39 is 6.04 Å². The minimum Gasteiger partial charge on any atom is -0.450 e. The number of benzene rings is 2. The van der Waals surface area contributed by atoms with Crippen LogP contribution in [-0.4, -0.2) is 55.1 Å². The maximum Gasteiger partial charge on any atom is 0.290 e. The Morgan fingerprint density at radius 3 is 2.45 bits per heavy atom. The molecule has 1 amide bonds. The molecule has 0 aliphatic carbocycles. The lowest BCUT2D eigenvalue weighted by atomic mass is 9.98. The predicted molar refractivity (Wildman–Crippen MR) is 129 cm³/mol. The van der Waals surface area contributed by atoms with E-state index >= 15 is 0 Å². The molecule has 1 fully saturated rings. The van der Waals surface area contributed by atoms with Gasteiger partial charge in [-0.3, -0.25) is 14.5 Å². The Kier molecular flexibility index (Phi) is 6.14. The van der Waals surface area contributed by atoms with Crippen LogP contribution in [0.25, 0.3) is 11.0 Å². The standard InChI is InChI=1S/C24H21Cl3N2O4/c1-13-10-19-15(12-17(13)26)22(30)20-21(14-2-3-16(25)18(27)11-14)29(24(31)23(20)33-19)5-4-28-6-8-32-9-7-28/h2-3,10-12,21H,4-9H2,1H3. The average Bonchev–Trinajstić information content (AvgIpc) is 3.08. The van der Waals surface area contributed by atoms with E-state index in [1.54, 1.807) is 35.2 Å². The first-order chi connectivity index (χ1) is 15.8. The Morgan fingerprint density at radius 2 is 1.73 bits per heavy atom. The molecular weight excluding hydrogens is 487 g/mol. The van der Waals surface area contributed by atoms with Crippen LogP contribution >= 0.6 is 34.8 Å². The van der Waals surface area contributed by atoms with Gasteiger partial charge in [-0.05, 0) is 42.3 Å². The monoisotopic (exact) mass is 506 g/mol. The molecule has 0 radical (unpaired) electrons. The van der Waals surface area contributed by atoms with Crippen LogP contribution in [0.2, 0.25) is 15.1 Å². The first kappa shape index (κ1) is 22.7. The predicted octanol–water partition coefficient (Wildman–Crippen LogP) is 4.94. The lowest BCUT2D eigenvalue weighted by molar-refractivity contribution is 0.0314. The number of aryl methyl sites for hydroxylation is 1. The number of hydrogen-bond acceptors (Lipinski definition) is 5. The topological polar surface area (TPSA) is 63.0 Å². The third-order valence-corrected chi connectivity index (χ3v) is 7.41. The summed E-state index contributed by atoms with van der Waals surface area (Å²) in [6.07, 6.45) is 0. The molecular formula is C24H21Cl3N2O4. The summed E-state index contributed by atoms with van der Waals surface area (Å²) < 4.78 is 11.4. The Bertz CT molecular complexity index is 1320. The molecule has 2 aliphatic heterocycles. The summed E-state index contributed by atoms with van der Waals surface area (Å²) in [4.78, 5) is 31.1. The van der Waals surface area contributed by atoms with Crippen molar-refractivity contribution >= 4 is 51.7 Å². The van der Waals surface area contributed by atoms with Crippen molar-refractivity contribution in [3.8, 4) is 0 Å². The molecule has 1 atom stereocenters. The molecule has 3 aromatic rings. The van der Waals surface area contributed by atoms with Crippen molar-refractivity contribution in [1.29, 1.82) is 0 Å². The molecule has 9 heteroatoms. The zero-order valence-corrected chi connectivity index (χ0v) is 20.1. The first-order valence-electron chi connectivity index (χ1n) is 10.7. The number of rotatable bonds is 4. The van der Waals surface area contributed by atoms with Crippen molar-refractivity contribution in [3.05, 3.63) is 78.1 Å². The van der Waals surface area contributed by atoms with E-state index in [1.807, 2.05) is 6.92 Å². The average molecular weight is 508 g/mol. The summed E-state index contributed by atoms with van der Waals surface area (Å²) in [5.74, 6) is -0.256. The van der Waals surface area contributed by atoms with Crippen LogP contribution in [0, 0.1) is 6.92 Å². The van der Waals surface area contributed by atoms with E-state index in [1.165, 1.54) is 0 Å². The highest BCUT2D eigenvalue weighted by atomic mass is 35.5. The molecule has 1 unspecified atom stereocenters. The number of amides is 1. The minimum absolute atomic E-state index is 0.0623. The van der Waals surface area contributed by atoms with Crippen LogP contribution in [0.4, 0.5) is 0 Å². The Labute approximate surface area is 205 Å². The van der Waals surface area contributed by atoms with Gasteiger partial charge in [0.15, 0.2) is 5.43 Å². The number of fused-ring (bicyclic) bond motifs is 2. The van der Waals surface area contributed by atoms with Crippen LogP contribution < -0.4 is 5.43 Å². The second kappa shape index (κ2) is 8.93. The van der Waals surface area contributed by atoms with E-state index in [4.69, 9.17) is 44.0 Å². The van der Waals surface area contributed by atoms with E-state index in [2.05, 4.69) is 4.90 Å². The third-order valence-electron chi connectivity index (χ3n) is 6.27. The maximum atomic E-state index is 13.6. The summed E-state index contributed by atoms with van der Waals surface area (Å²) in [7, 11) is 0. The van der Waals surface area contributed by atoms with Crippen LogP contribution in [-0.2, 0) is 4.74 Å². The van der Waals surface area contributed by atoms with Crippen molar-refractivity contribution in [1.82, 2.24) is 9.80 Å². The lowest BCUT2D eigenvalue weighted by Gasteiger charge is -2.31. The van der Waals surface area contributed by atoms with Gasteiger partial charge < -0.3 is 14.1 Å². The Balaban J connectivity index is 1.64. The van der Waals surface area contributed by atoms with Gasteiger partial charge in [0.1, 0.15) is 5.58 Å². The van der Waals surface area contributed by atoms with E-state index in [0.717, 1.165) is 18.7 Å². The number of ether oxygens (including phenoxy) is 1. The van der Waals surface area contributed by atoms with Crippen molar-refractivity contribution in [2.24, 2.45) is 0 Å². The fourth-order valence-electron chi connectivity index (χ4n) is 4.47. The summed E-state index contributed by atoms with van der Waals surface area (Å²) in [6, 6.07) is 7.82. The van der Waals surface area contributed by atoms with Crippen molar-refractivity contribution < 1.29 is 13.9 Å². The molecule has 5 rings (SSSR count). The van der Waals surface area contributed by atoms with Crippen molar-refractivity contribution in [2.45, 2.75) is 13.0 Å². The van der Waals surface area contributed by atoms with Crippen LogP contribution in [0.3, 0.4) is 0 Å².